The third-order valence-corrected chi connectivity index (χ3v) is 3.77. The van der Waals surface area contributed by atoms with E-state index in [1.165, 1.54) is 11.8 Å². The van der Waals surface area contributed by atoms with Crippen molar-refractivity contribution in [1.82, 2.24) is 0 Å². The number of alkyl halides is 3. The second kappa shape index (κ2) is 7.41. The summed E-state index contributed by atoms with van der Waals surface area (Å²) in [6.45, 7) is 9.06. The molecule has 0 saturated heterocycles. The average molecular weight is 300 g/mol. The number of hydrogen-bond acceptors (Lipinski definition) is 3. The van der Waals surface area contributed by atoms with Crippen molar-refractivity contribution in [2.24, 2.45) is 5.92 Å². The maximum Gasteiger partial charge on any atom is 0.389 e. The summed E-state index contributed by atoms with van der Waals surface area (Å²) in [5.41, 5.74) is -0.573. The molecule has 1 atom stereocenters. The molecule has 0 aliphatic heterocycles. The highest BCUT2D eigenvalue weighted by atomic mass is 32.2. The second-order valence-electron chi connectivity index (χ2n) is 5.79. The van der Waals surface area contributed by atoms with Crippen LogP contribution in [0.1, 0.15) is 47.5 Å². The molecular weight excluding hydrogens is 277 g/mol. The van der Waals surface area contributed by atoms with Gasteiger partial charge in [0.05, 0.1) is 0 Å². The lowest BCUT2D eigenvalue weighted by atomic mass is 10.1. The van der Waals surface area contributed by atoms with Gasteiger partial charge >= 0.3 is 12.1 Å². The molecule has 0 aliphatic carbocycles. The molecule has 0 spiro atoms. The van der Waals surface area contributed by atoms with E-state index >= 15 is 0 Å². The molecule has 0 aromatic carbocycles. The van der Waals surface area contributed by atoms with Crippen LogP contribution in [0, 0.1) is 5.92 Å². The fraction of sp³-hybridized carbons (Fsp3) is 0.923. The third-order valence-electron chi connectivity index (χ3n) is 2.15. The molecule has 0 N–H and O–H groups in total. The normalized spacial score (nSPS) is 14.6. The molecule has 0 saturated carbocycles. The van der Waals surface area contributed by atoms with Gasteiger partial charge in [0.25, 0.3) is 0 Å². The summed E-state index contributed by atoms with van der Waals surface area (Å²) in [5.74, 6) is -0.00745. The van der Waals surface area contributed by atoms with Gasteiger partial charge in [-0.15, -0.1) is 11.8 Å². The maximum absolute atomic E-state index is 12.0. The summed E-state index contributed by atoms with van der Waals surface area (Å²) in [7, 11) is 0. The van der Waals surface area contributed by atoms with Crippen LogP contribution in [0.5, 0.6) is 0 Å². The Kier molecular flexibility index (Phi) is 7.26. The molecular formula is C13H23F3O2S. The van der Waals surface area contributed by atoms with E-state index in [9.17, 15) is 18.0 Å². The van der Waals surface area contributed by atoms with E-state index in [0.29, 0.717) is 5.75 Å². The van der Waals surface area contributed by atoms with Gasteiger partial charge in [-0.2, -0.15) is 13.2 Å². The lowest BCUT2D eigenvalue weighted by Gasteiger charge is -2.25. The first kappa shape index (κ1) is 18.6. The Morgan fingerprint density at radius 3 is 2.11 bits per heavy atom. The first-order valence-electron chi connectivity index (χ1n) is 6.33. The quantitative estimate of drug-likeness (QED) is 0.536. The number of halogens is 3. The molecule has 0 aromatic heterocycles. The average Bonchev–Trinajstić information content (AvgIpc) is 2.11. The molecule has 0 rings (SSSR count). The van der Waals surface area contributed by atoms with Gasteiger partial charge in [0.15, 0.2) is 0 Å². The standard InChI is InChI=1S/C13H23F3O2S/c1-9(2)10(11(17)18-12(3,4)5)19-8-6-7-13(14,15)16/h9-10H,6-8H2,1-5H3. The van der Waals surface area contributed by atoms with Crippen molar-refractivity contribution in [2.75, 3.05) is 5.75 Å². The van der Waals surface area contributed by atoms with Gasteiger partial charge in [-0.1, -0.05) is 13.8 Å². The lowest BCUT2D eigenvalue weighted by molar-refractivity contribution is -0.154. The van der Waals surface area contributed by atoms with Gasteiger partial charge in [0, 0.05) is 6.42 Å². The molecule has 0 radical (unpaired) electrons. The molecule has 114 valence electrons. The Morgan fingerprint density at radius 2 is 1.74 bits per heavy atom. The highest BCUT2D eigenvalue weighted by molar-refractivity contribution is 8.00. The molecule has 19 heavy (non-hydrogen) atoms. The Morgan fingerprint density at radius 1 is 1.21 bits per heavy atom. The summed E-state index contributed by atoms with van der Waals surface area (Å²) in [4.78, 5) is 11.9. The van der Waals surface area contributed by atoms with Crippen molar-refractivity contribution in [3.63, 3.8) is 0 Å². The van der Waals surface area contributed by atoms with Crippen molar-refractivity contribution in [1.29, 1.82) is 0 Å². The van der Waals surface area contributed by atoms with Gasteiger partial charge in [0.1, 0.15) is 10.9 Å². The van der Waals surface area contributed by atoms with E-state index in [2.05, 4.69) is 0 Å². The Bertz CT molecular complexity index is 283. The zero-order valence-electron chi connectivity index (χ0n) is 12.1. The second-order valence-corrected chi connectivity index (χ2v) is 7.04. The lowest BCUT2D eigenvalue weighted by Crippen LogP contribution is -2.33. The van der Waals surface area contributed by atoms with Crippen LogP contribution in [-0.4, -0.2) is 28.7 Å². The minimum absolute atomic E-state index is 0.0280. The molecule has 1 unspecified atom stereocenters. The van der Waals surface area contributed by atoms with E-state index in [1.54, 1.807) is 20.8 Å². The van der Waals surface area contributed by atoms with E-state index in [4.69, 9.17) is 4.74 Å². The number of carbonyl (C=O) groups is 1. The third kappa shape index (κ3) is 10.1. The van der Waals surface area contributed by atoms with Gasteiger partial charge in [-0.3, -0.25) is 4.79 Å². The predicted molar refractivity (Wildman–Crippen MR) is 72.2 cm³/mol. The van der Waals surface area contributed by atoms with E-state index in [-0.39, 0.29) is 18.3 Å². The van der Waals surface area contributed by atoms with E-state index < -0.39 is 23.4 Å². The molecule has 2 nitrogen and oxygen atoms in total. The monoisotopic (exact) mass is 300 g/mol. The van der Waals surface area contributed by atoms with Crippen LogP contribution in [-0.2, 0) is 9.53 Å². The van der Waals surface area contributed by atoms with Crippen molar-refractivity contribution in [2.45, 2.75) is 64.5 Å². The summed E-state index contributed by atoms with van der Waals surface area (Å²) >= 11 is 1.24. The molecule has 0 heterocycles. The zero-order chi connectivity index (χ0) is 15.3. The Balaban J connectivity index is 4.24. The van der Waals surface area contributed by atoms with Gasteiger partial charge in [-0.05, 0) is 38.9 Å². The fourth-order valence-electron chi connectivity index (χ4n) is 1.38. The summed E-state index contributed by atoms with van der Waals surface area (Å²) in [6, 6.07) is 0. The molecule has 0 fully saturated rings. The molecule has 0 bridgehead atoms. The van der Waals surface area contributed by atoms with Crippen LogP contribution >= 0.6 is 11.8 Å². The molecule has 6 heteroatoms. The number of rotatable bonds is 6. The summed E-state index contributed by atoms with van der Waals surface area (Å²) < 4.78 is 41.3. The smallest absolute Gasteiger partial charge is 0.389 e. The minimum Gasteiger partial charge on any atom is -0.459 e. The Hall–Kier alpha value is -0.390. The van der Waals surface area contributed by atoms with E-state index in [0.717, 1.165) is 0 Å². The topological polar surface area (TPSA) is 26.3 Å². The fourth-order valence-corrected chi connectivity index (χ4v) is 2.51. The number of carbonyl (C=O) groups excluding carboxylic acids is 1. The highest BCUT2D eigenvalue weighted by Crippen LogP contribution is 2.27. The van der Waals surface area contributed by atoms with Crippen LogP contribution in [0.15, 0.2) is 0 Å². The maximum atomic E-state index is 12.0. The minimum atomic E-state index is -4.13. The summed E-state index contributed by atoms with van der Waals surface area (Å²) in [6.07, 6.45) is -4.90. The SMILES string of the molecule is CC(C)C(SCCCC(F)(F)F)C(=O)OC(C)(C)C. The Labute approximate surface area is 117 Å². The molecule has 0 aromatic rings. The molecule has 0 amide bonds. The van der Waals surface area contributed by atoms with Crippen LogP contribution in [0.25, 0.3) is 0 Å². The van der Waals surface area contributed by atoms with Gasteiger partial charge in [-0.25, -0.2) is 0 Å². The van der Waals surface area contributed by atoms with Crippen molar-refractivity contribution < 1.29 is 22.7 Å². The van der Waals surface area contributed by atoms with Crippen LogP contribution in [0.2, 0.25) is 0 Å². The van der Waals surface area contributed by atoms with Crippen molar-refractivity contribution in [3.05, 3.63) is 0 Å². The van der Waals surface area contributed by atoms with Crippen LogP contribution < -0.4 is 0 Å². The van der Waals surface area contributed by atoms with Gasteiger partial charge < -0.3 is 4.74 Å². The predicted octanol–water partition coefficient (Wildman–Crippen LogP) is 4.43. The first-order chi connectivity index (χ1) is 8.42. The number of esters is 1. The number of hydrogen-bond donors (Lipinski definition) is 0. The highest BCUT2D eigenvalue weighted by Gasteiger charge is 2.29. The van der Waals surface area contributed by atoms with Gasteiger partial charge in [0.2, 0.25) is 0 Å². The number of thioether (sulfide) groups is 1. The van der Waals surface area contributed by atoms with E-state index in [1.807, 2.05) is 13.8 Å². The van der Waals surface area contributed by atoms with Crippen molar-refractivity contribution >= 4 is 17.7 Å². The van der Waals surface area contributed by atoms with Crippen LogP contribution in [0.3, 0.4) is 0 Å². The van der Waals surface area contributed by atoms with Crippen LogP contribution in [0.4, 0.5) is 13.2 Å². The first-order valence-corrected chi connectivity index (χ1v) is 7.38. The number of ether oxygens (including phenoxy) is 1. The van der Waals surface area contributed by atoms with Crippen molar-refractivity contribution in [3.8, 4) is 0 Å². The largest absolute Gasteiger partial charge is 0.459 e. The zero-order valence-corrected chi connectivity index (χ0v) is 13.0. The molecule has 0 aliphatic rings. The summed E-state index contributed by atoms with van der Waals surface area (Å²) in [5, 5.41) is -0.410.